The summed E-state index contributed by atoms with van der Waals surface area (Å²) in [6.07, 6.45) is 4.44. The lowest BCUT2D eigenvalue weighted by molar-refractivity contribution is 0.424. The molecule has 1 atom stereocenters. The third kappa shape index (κ3) is 2.49. The van der Waals surface area contributed by atoms with Gasteiger partial charge in [0, 0.05) is 6.04 Å². The van der Waals surface area contributed by atoms with Crippen molar-refractivity contribution in [3.63, 3.8) is 0 Å². The number of furan rings is 1. The zero-order valence-corrected chi connectivity index (χ0v) is 10.7. The lowest BCUT2D eigenvalue weighted by Crippen LogP contribution is -2.22. The first kappa shape index (κ1) is 11.5. The molecule has 1 aliphatic carbocycles. The van der Waals surface area contributed by atoms with E-state index in [0.29, 0.717) is 6.04 Å². The highest BCUT2D eigenvalue weighted by Gasteiger charge is 2.31. The third-order valence-electron chi connectivity index (χ3n) is 3.70. The van der Waals surface area contributed by atoms with Gasteiger partial charge in [0.05, 0.1) is 12.8 Å². The lowest BCUT2D eigenvalue weighted by atomic mass is 10.0. The molecular weight excluding hydrogens is 222 g/mol. The summed E-state index contributed by atoms with van der Waals surface area (Å²) >= 11 is 0. The van der Waals surface area contributed by atoms with Gasteiger partial charge in [0.1, 0.15) is 5.76 Å². The molecule has 0 saturated heterocycles. The van der Waals surface area contributed by atoms with Crippen LogP contribution in [0.4, 0.5) is 0 Å². The maximum absolute atomic E-state index is 5.49. The number of nitrogens with one attached hydrogen (secondary N) is 1. The molecule has 1 aromatic carbocycles. The minimum atomic E-state index is 0.468. The van der Waals surface area contributed by atoms with Crippen molar-refractivity contribution in [1.29, 1.82) is 0 Å². The molecule has 18 heavy (non-hydrogen) atoms. The largest absolute Gasteiger partial charge is 0.468 e. The van der Waals surface area contributed by atoms with Crippen LogP contribution in [-0.2, 0) is 6.54 Å². The molecule has 1 N–H and O–H groups in total. The van der Waals surface area contributed by atoms with Gasteiger partial charge in [-0.3, -0.25) is 0 Å². The molecule has 1 unspecified atom stereocenters. The quantitative estimate of drug-likeness (QED) is 0.860. The molecule has 1 aromatic heterocycles. The zero-order valence-electron chi connectivity index (χ0n) is 10.7. The minimum absolute atomic E-state index is 0.468. The summed E-state index contributed by atoms with van der Waals surface area (Å²) in [6.45, 7) is 2.91. The predicted octanol–water partition coefficient (Wildman–Crippen LogP) is 3.83. The van der Waals surface area contributed by atoms with Gasteiger partial charge in [-0.15, -0.1) is 0 Å². The van der Waals surface area contributed by atoms with Gasteiger partial charge in [0.25, 0.3) is 0 Å². The van der Waals surface area contributed by atoms with Crippen LogP contribution in [0.15, 0.2) is 47.1 Å². The topological polar surface area (TPSA) is 25.2 Å². The van der Waals surface area contributed by atoms with Crippen LogP contribution in [0.25, 0.3) is 0 Å². The SMILES string of the molecule is Cc1ccoc1CNC(c1ccccc1)C1CC1. The van der Waals surface area contributed by atoms with E-state index < -0.39 is 0 Å². The normalized spacial score (nSPS) is 16.7. The summed E-state index contributed by atoms with van der Waals surface area (Å²) in [6, 6.07) is 13.2. The molecule has 0 bridgehead atoms. The first-order valence-corrected chi connectivity index (χ1v) is 6.66. The van der Waals surface area contributed by atoms with E-state index in [0.717, 1.165) is 18.2 Å². The van der Waals surface area contributed by atoms with Crippen LogP contribution in [0.1, 0.15) is 35.8 Å². The summed E-state index contributed by atoms with van der Waals surface area (Å²) in [5.41, 5.74) is 2.62. The first-order valence-electron chi connectivity index (χ1n) is 6.66. The molecule has 0 spiro atoms. The van der Waals surface area contributed by atoms with Crippen molar-refractivity contribution in [2.24, 2.45) is 5.92 Å². The molecule has 1 heterocycles. The highest BCUT2D eigenvalue weighted by molar-refractivity contribution is 5.22. The Balaban J connectivity index is 1.70. The van der Waals surface area contributed by atoms with Crippen molar-refractivity contribution >= 4 is 0 Å². The van der Waals surface area contributed by atoms with E-state index in [1.807, 2.05) is 6.07 Å². The average molecular weight is 241 g/mol. The van der Waals surface area contributed by atoms with Gasteiger partial charge < -0.3 is 9.73 Å². The highest BCUT2D eigenvalue weighted by Crippen LogP contribution is 2.41. The van der Waals surface area contributed by atoms with Crippen LogP contribution < -0.4 is 5.32 Å². The van der Waals surface area contributed by atoms with Crippen LogP contribution >= 0.6 is 0 Å². The van der Waals surface area contributed by atoms with E-state index in [4.69, 9.17) is 4.42 Å². The Labute approximate surface area is 108 Å². The number of hydrogen-bond donors (Lipinski definition) is 1. The first-order chi connectivity index (χ1) is 8.84. The maximum atomic E-state index is 5.49. The van der Waals surface area contributed by atoms with Gasteiger partial charge in [-0.1, -0.05) is 30.3 Å². The average Bonchev–Trinajstić information content (AvgIpc) is 3.15. The Kier molecular flexibility index (Phi) is 3.20. The summed E-state index contributed by atoms with van der Waals surface area (Å²) in [7, 11) is 0. The molecule has 2 aromatic rings. The van der Waals surface area contributed by atoms with Crippen LogP contribution in [-0.4, -0.2) is 0 Å². The molecule has 3 rings (SSSR count). The molecule has 2 heteroatoms. The summed E-state index contributed by atoms with van der Waals surface area (Å²) in [5.74, 6) is 1.85. The second-order valence-electron chi connectivity index (χ2n) is 5.13. The molecule has 0 amide bonds. The lowest BCUT2D eigenvalue weighted by Gasteiger charge is -2.18. The van der Waals surface area contributed by atoms with E-state index in [2.05, 4.69) is 42.6 Å². The van der Waals surface area contributed by atoms with E-state index in [-0.39, 0.29) is 0 Å². The van der Waals surface area contributed by atoms with Gasteiger partial charge in [0.2, 0.25) is 0 Å². The minimum Gasteiger partial charge on any atom is -0.468 e. The van der Waals surface area contributed by atoms with Gasteiger partial charge in [-0.05, 0) is 42.9 Å². The number of rotatable bonds is 5. The second-order valence-corrected chi connectivity index (χ2v) is 5.13. The molecule has 1 aliphatic rings. The van der Waals surface area contributed by atoms with Crippen molar-refractivity contribution in [3.05, 3.63) is 59.5 Å². The maximum Gasteiger partial charge on any atom is 0.120 e. The van der Waals surface area contributed by atoms with Crippen molar-refractivity contribution in [2.75, 3.05) is 0 Å². The van der Waals surface area contributed by atoms with E-state index in [1.54, 1.807) is 6.26 Å². The predicted molar refractivity (Wildman–Crippen MR) is 72.2 cm³/mol. The summed E-state index contributed by atoms with van der Waals surface area (Å²) in [4.78, 5) is 0. The number of aryl methyl sites for hydroxylation is 1. The molecule has 94 valence electrons. The summed E-state index contributed by atoms with van der Waals surface area (Å²) in [5, 5.41) is 3.65. The third-order valence-corrected chi connectivity index (χ3v) is 3.70. The second kappa shape index (κ2) is 4.99. The molecule has 0 radical (unpaired) electrons. The van der Waals surface area contributed by atoms with Crippen LogP contribution in [0.5, 0.6) is 0 Å². The van der Waals surface area contributed by atoms with Gasteiger partial charge >= 0.3 is 0 Å². The van der Waals surface area contributed by atoms with Gasteiger partial charge in [0.15, 0.2) is 0 Å². The van der Waals surface area contributed by atoms with Crippen molar-refractivity contribution in [3.8, 4) is 0 Å². The smallest absolute Gasteiger partial charge is 0.120 e. The van der Waals surface area contributed by atoms with Crippen molar-refractivity contribution in [1.82, 2.24) is 5.32 Å². The van der Waals surface area contributed by atoms with E-state index in [9.17, 15) is 0 Å². The molecular formula is C16H19NO. The molecule has 1 fully saturated rings. The highest BCUT2D eigenvalue weighted by atomic mass is 16.3. The monoisotopic (exact) mass is 241 g/mol. The molecule has 0 aliphatic heterocycles. The summed E-state index contributed by atoms with van der Waals surface area (Å²) < 4.78 is 5.49. The number of hydrogen-bond acceptors (Lipinski definition) is 2. The molecule has 2 nitrogen and oxygen atoms in total. The van der Waals surface area contributed by atoms with Gasteiger partial charge in [-0.25, -0.2) is 0 Å². The van der Waals surface area contributed by atoms with Crippen LogP contribution in [0, 0.1) is 12.8 Å². The zero-order chi connectivity index (χ0) is 12.4. The van der Waals surface area contributed by atoms with Crippen molar-refractivity contribution in [2.45, 2.75) is 32.4 Å². The Morgan fingerprint density at radius 2 is 2.00 bits per heavy atom. The number of benzene rings is 1. The Morgan fingerprint density at radius 3 is 2.61 bits per heavy atom. The van der Waals surface area contributed by atoms with E-state index >= 15 is 0 Å². The van der Waals surface area contributed by atoms with E-state index in [1.165, 1.54) is 24.0 Å². The molecule has 1 saturated carbocycles. The fraction of sp³-hybridized carbons (Fsp3) is 0.375. The Bertz CT molecular complexity index is 499. The van der Waals surface area contributed by atoms with Crippen LogP contribution in [0.3, 0.4) is 0 Å². The van der Waals surface area contributed by atoms with Crippen molar-refractivity contribution < 1.29 is 4.42 Å². The van der Waals surface area contributed by atoms with Gasteiger partial charge in [-0.2, -0.15) is 0 Å². The standard InChI is InChI=1S/C16H19NO/c1-12-9-10-18-15(12)11-17-16(14-7-8-14)13-5-3-2-4-6-13/h2-6,9-10,14,16-17H,7-8,11H2,1H3. The van der Waals surface area contributed by atoms with Crippen LogP contribution in [0.2, 0.25) is 0 Å². The fourth-order valence-corrected chi connectivity index (χ4v) is 2.43. The Morgan fingerprint density at radius 1 is 1.22 bits per heavy atom. The fourth-order valence-electron chi connectivity index (χ4n) is 2.43. The Hall–Kier alpha value is -1.54.